The molecular formula is C11H10FN3OS2. The van der Waals surface area contributed by atoms with Gasteiger partial charge in [0.15, 0.2) is 4.34 Å². The first-order valence-electron chi connectivity index (χ1n) is 5.10. The maximum atomic E-state index is 12.9. The number of rotatable bonds is 4. The normalized spacial score (nSPS) is 10.3. The van der Waals surface area contributed by atoms with Crippen LogP contribution >= 0.6 is 23.1 Å². The highest BCUT2D eigenvalue weighted by molar-refractivity contribution is 8.01. The molecule has 2 rings (SSSR count). The zero-order valence-corrected chi connectivity index (χ0v) is 11.1. The van der Waals surface area contributed by atoms with Crippen LogP contribution in [0.2, 0.25) is 0 Å². The number of anilines is 1. The lowest BCUT2D eigenvalue weighted by atomic mass is 10.2. The molecule has 0 aliphatic carbocycles. The van der Waals surface area contributed by atoms with E-state index in [1.807, 2.05) is 0 Å². The van der Waals surface area contributed by atoms with Gasteiger partial charge in [-0.2, -0.15) is 0 Å². The number of benzene rings is 1. The topological polar surface area (TPSA) is 54.9 Å². The highest BCUT2D eigenvalue weighted by Gasteiger charge is 2.07. The van der Waals surface area contributed by atoms with Crippen molar-refractivity contribution in [2.75, 3.05) is 11.1 Å². The average Bonchev–Trinajstić information content (AvgIpc) is 2.83. The first-order valence-corrected chi connectivity index (χ1v) is 6.96. The van der Waals surface area contributed by atoms with Crippen LogP contribution in [0, 0.1) is 12.7 Å². The number of hydrogen-bond donors (Lipinski definition) is 1. The van der Waals surface area contributed by atoms with Gasteiger partial charge in [-0.1, -0.05) is 23.1 Å². The molecule has 94 valence electrons. The van der Waals surface area contributed by atoms with E-state index in [9.17, 15) is 9.18 Å². The van der Waals surface area contributed by atoms with E-state index in [-0.39, 0.29) is 17.5 Å². The average molecular weight is 283 g/mol. The Morgan fingerprint density at radius 3 is 3.06 bits per heavy atom. The van der Waals surface area contributed by atoms with Crippen molar-refractivity contribution >= 4 is 34.7 Å². The minimum atomic E-state index is -0.311. The molecule has 0 saturated carbocycles. The third-order valence-corrected chi connectivity index (χ3v) is 3.99. The van der Waals surface area contributed by atoms with E-state index in [0.717, 1.165) is 4.34 Å². The van der Waals surface area contributed by atoms with Crippen LogP contribution in [0.4, 0.5) is 10.1 Å². The minimum absolute atomic E-state index is 0.148. The predicted octanol–water partition coefficient (Wildman–Crippen LogP) is 2.72. The quantitative estimate of drug-likeness (QED) is 0.877. The van der Waals surface area contributed by atoms with E-state index in [2.05, 4.69) is 15.5 Å². The summed E-state index contributed by atoms with van der Waals surface area (Å²) in [7, 11) is 0. The van der Waals surface area contributed by atoms with Gasteiger partial charge in [0.2, 0.25) is 5.91 Å². The van der Waals surface area contributed by atoms with E-state index in [1.54, 1.807) is 18.5 Å². The van der Waals surface area contributed by atoms with Crippen molar-refractivity contribution in [3.8, 4) is 0 Å². The van der Waals surface area contributed by atoms with E-state index in [0.29, 0.717) is 11.3 Å². The summed E-state index contributed by atoms with van der Waals surface area (Å²) in [6.07, 6.45) is 0. The summed E-state index contributed by atoms with van der Waals surface area (Å²) in [4.78, 5) is 11.7. The molecule has 1 N–H and O–H groups in total. The number of hydrogen-bond acceptors (Lipinski definition) is 5. The Hall–Kier alpha value is -1.47. The Labute approximate surface area is 112 Å². The van der Waals surface area contributed by atoms with Crippen molar-refractivity contribution in [1.29, 1.82) is 0 Å². The monoisotopic (exact) mass is 283 g/mol. The summed E-state index contributed by atoms with van der Waals surface area (Å²) in [5.74, 6) is -0.204. The zero-order chi connectivity index (χ0) is 13.0. The number of carbonyl (C=O) groups is 1. The molecule has 0 saturated heterocycles. The lowest BCUT2D eigenvalue weighted by Crippen LogP contribution is -2.14. The lowest BCUT2D eigenvalue weighted by Gasteiger charge is -2.07. The summed E-state index contributed by atoms with van der Waals surface area (Å²) in [6.45, 7) is 1.75. The number of halogens is 1. The van der Waals surface area contributed by atoms with E-state index in [1.165, 1.54) is 35.2 Å². The Morgan fingerprint density at radius 2 is 2.39 bits per heavy atom. The maximum absolute atomic E-state index is 12.9. The zero-order valence-electron chi connectivity index (χ0n) is 9.51. The molecule has 0 spiro atoms. The molecule has 0 fully saturated rings. The summed E-state index contributed by atoms with van der Waals surface area (Å²) in [5, 5.41) is 10.2. The molecule has 4 nitrogen and oxygen atoms in total. The van der Waals surface area contributed by atoms with Crippen LogP contribution in [0.25, 0.3) is 0 Å². The fraction of sp³-hybridized carbons (Fsp3) is 0.182. The summed E-state index contributed by atoms with van der Waals surface area (Å²) in [6, 6.07) is 4.26. The standard InChI is InChI=1S/C11H10FN3OS2/c1-7-4-8(12)2-3-9(7)14-10(16)5-17-11-15-13-6-18-11/h2-4,6H,5H2,1H3,(H,14,16). The summed E-state index contributed by atoms with van der Waals surface area (Å²) in [5.41, 5.74) is 2.94. The predicted molar refractivity (Wildman–Crippen MR) is 70.4 cm³/mol. The molecule has 7 heteroatoms. The smallest absolute Gasteiger partial charge is 0.234 e. The Bertz CT molecular complexity index is 545. The number of thioether (sulfide) groups is 1. The second kappa shape index (κ2) is 5.92. The molecule has 18 heavy (non-hydrogen) atoms. The third-order valence-electron chi connectivity index (χ3n) is 2.13. The van der Waals surface area contributed by atoms with Gasteiger partial charge in [-0.15, -0.1) is 10.2 Å². The molecule has 0 unspecified atom stereocenters. The number of nitrogens with zero attached hydrogens (tertiary/aromatic N) is 2. The van der Waals surface area contributed by atoms with Gasteiger partial charge in [0.25, 0.3) is 0 Å². The highest BCUT2D eigenvalue weighted by Crippen LogP contribution is 2.20. The number of aryl methyl sites for hydroxylation is 1. The number of carbonyl (C=O) groups excluding carboxylic acids is 1. The maximum Gasteiger partial charge on any atom is 0.234 e. The number of amides is 1. The molecule has 0 aliphatic heterocycles. The Kier molecular flexibility index (Phi) is 4.27. The van der Waals surface area contributed by atoms with Crippen LogP contribution in [0.15, 0.2) is 28.0 Å². The van der Waals surface area contributed by atoms with Crippen molar-refractivity contribution in [2.24, 2.45) is 0 Å². The molecule has 1 aromatic carbocycles. The first kappa shape index (κ1) is 13.0. The van der Waals surface area contributed by atoms with Gasteiger partial charge in [-0.3, -0.25) is 4.79 Å². The molecule has 0 atom stereocenters. The SMILES string of the molecule is Cc1cc(F)ccc1NC(=O)CSc1nncs1. The van der Waals surface area contributed by atoms with Crippen molar-refractivity contribution in [3.63, 3.8) is 0 Å². The van der Waals surface area contributed by atoms with E-state index < -0.39 is 0 Å². The van der Waals surface area contributed by atoms with Gasteiger partial charge in [0.05, 0.1) is 5.75 Å². The highest BCUT2D eigenvalue weighted by atomic mass is 32.2. The molecule has 1 amide bonds. The molecule has 0 aliphatic rings. The lowest BCUT2D eigenvalue weighted by molar-refractivity contribution is -0.113. The molecular weight excluding hydrogens is 273 g/mol. The van der Waals surface area contributed by atoms with Crippen LogP contribution in [-0.2, 0) is 4.79 Å². The van der Waals surface area contributed by atoms with Gasteiger partial charge >= 0.3 is 0 Å². The summed E-state index contributed by atoms with van der Waals surface area (Å²) >= 11 is 2.71. The van der Waals surface area contributed by atoms with Crippen LogP contribution in [-0.4, -0.2) is 21.9 Å². The fourth-order valence-electron chi connectivity index (χ4n) is 1.31. The van der Waals surface area contributed by atoms with Crippen LogP contribution in [0.1, 0.15) is 5.56 Å². The fourth-order valence-corrected chi connectivity index (χ4v) is 2.60. The first-order chi connectivity index (χ1) is 8.65. The van der Waals surface area contributed by atoms with Crippen LogP contribution < -0.4 is 5.32 Å². The van der Waals surface area contributed by atoms with Gasteiger partial charge < -0.3 is 5.32 Å². The van der Waals surface area contributed by atoms with Crippen LogP contribution in [0.5, 0.6) is 0 Å². The second-order valence-corrected chi connectivity index (χ2v) is 5.56. The van der Waals surface area contributed by atoms with E-state index >= 15 is 0 Å². The molecule has 1 heterocycles. The third kappa shape index (κ3) is 3.51. The van der Waals surface area contributed by atoms with Crippen LogP contribution in [0.3, 0.4) is 0 Å². The Balaban J connectivity index is 1.91. The minimum Gasteiger partial charge on any atom is -0.325 e. The van der Waals surface area contributed by atoms with Gasteiger partial charge in [0.1, 0.15) is 11.3 Å². The molecule has 2 aromatic rings. The molecule has 0 radical (unpaired) electrons. The summed E-state index contributed by atoms with van der Waals surface area (Å²) < 4.78 is 13.6. The van der Waals surface area contributed by atoms with Crippen molar-refractivity contribution in [2.45, 2.75) is 11.3 Å². The Morgan fingerprint density at radius 1 is 1.56 bits per heavy atom. The van der Waals surface area contributed by atoms with Gasteiger partial charge in [-0.25, -0.2) is 4.39 Å². The van der Waals surface area contributed by atoms with Crippen molar-refractivity contribution in [3.05, 3.63) is 35.1 Å². The van der Waals surface area contributed by atoms with E-state index in [4.69, 9.17) is 0 Å². The van der Waals surface area contributed by atoms with Gasteiger partial charge in [0, 0.05) is 5.69 Å². The largest absolute Gasteiger partial charge is 0.325 e. The number of aromatic nitrogens is 2. The second-order valence-electron chi connectivity index (χ2n) is 3.50. The van der Waals surface area contributed by atoms with Crippen molar-refractivity contribution in [1.82, 2.24) is 10.2 Å². The van der Waals surface area contributed by atoms with Crippen molar-refractivity contribution < 1.29 is 9.18 Å². The molecule has 0 bridgehead atoms. The molecule has 1 aromatic heterocycles. The number of nitrogens with one attached hydrogen (secondary N) is 1. The van der Waals surface area contributed by atoms with Gasteiger partial charge in [-0.05, 0) is 30.7 Å².